The van der Waals surface area contributed by atoms with Crippen LogP contribution in [0.1, 0.15) is 13.8 Å². The number of carbonyl (C=O) groups is 2. The summed E-state index contributed by atoms with van der Waals surface area (Å²) in [4.78, 5) is 26.1. The summed E-state index contributed by atoms with van der Waals surface area (Å²) in [6, 6.07) is 14.7. The lowest BCUT2D eigenvalue weighted by Crippen LogP contribution is -2.29. The fourth-order valence-corrected chi connectivity index (χ4v) is 2.61. The number of hydrogen-bond acceptors (Lipinski definition) is 3. The van der Waals surface area contributed by atoms with Crippen LogP contribution in [-0.2, 0) is 9.59 Å². The van der Waals surface area contributed by atoms with E-state index in [9.17, 15) is 9.59 Å². The van der Waals surface area contributed by atoms with Gasteiger partial charge in [0.1, 0.15) is 0 Å². The number of halogens is 1. The molecule has 0 saturated heterocycles. The Labute approximate surface area is 155 Å². The minimum atomic E-state index is -0.691. The molecule has 0 unspecified atom stereocenters. The predicted molar refractivity (Wildman–Crippen MR) is 106 cm³/mol. The zero-order valence-corrected chi connectivity index (χ0v) is 15.8. The van der Waals surface area contributed by atoms with Gasteiger partial charge >= 0.3 is 11.8 Å². The van der Waals surface area contributed by atoms with Crippen LogP contribution >= 0.6 is 22.6 Å². The van der Waals surface area contributed by atoms with Crippen molar-refractivity contribution in [3.8, 4) is 0 Å². The van der Waals surface area contributed by atoms with Gasteiger partial charge in [-0.3, -0.25) is 9.59 Å². The number of anilines is 3. The normalized spacial score (nSPS) is 10.1. The maximum atomic E-state index is 12.0. The Morgan fingerprint density at radius 3 is 1.67 bits per heavy atom. The van der Waals surface area contributed by atoms with Crippen molar-refractivity contribution in [3.63, 3.8) is 0 Å². The summed E-state index contributed by atoms with van der Waals surface area (Å²) in [5.41, 5.74) is 2.27. The van der Waals surface area contributed by atoms with Crippen LogP contribution in [0.5, 0.6) is 0 Å². The Morgan fingerprint density at radius 2 is 1.25 bits per heavy atom. The standard InChI is InChI=1S/C18H20IN3O2/c1-3-22(4-2)16-11-9-15(10-12-16)21-18(24)17(23)20-14-7-5-13(19)6-8-14/h5-12H,3-4H2,1-2H3,(H,20,23)(H,21,24). The highest BCUT2D eigenvalue weighted by atomic mass is 127. The number of rotatable bonds is 5. The lowest BCUT2D eigenvalue weighted by molar-refractivity contribution is -0.132. The first-order valence-electron chi connectivity index (χ1n) is 7.76. The largest absolute Gasteiger partial charge is 0.372 e. The van der Waals surface area contributed by atoms with Gasteiger partial charge < -0.3 is 15.5 Å². The number of hydrogen-bond donors (Lipinski definition) is 2. The molecule has 24 heavy (non-hydrogen) atoms. The molecule has 0 aliphatic rings. The van der Waals surface area contributed by atoms with E-state index in [1.807, 2.05) is 24.3 Å². The molecule has 2 amide bonds. The molecule has 126 valence electrons. The van der Waals surface area contributed by atoms with Crippen LogP contribution in [0.3, 0.4) is 0 Å². The Hall–Kier alpha value is -2.09. The average molecular weight is 437 g/mol. The van der Waals surface area contributed by atoms with Gasteiger partial charge in [0.05, 0.1) is 0 Å². The molecule has 0 saturated carbocycles. The first kappa shape index (κ1) is 18.3. The molecule has 0 atom stereocenters. The highest BCUT2D eigenvalue weighted by molar-refractivity contribution is 14.1. The van der Waals surface area contributed by atoms with E-state index in [4.69, 9.17) is 0 Å². The van der Waals surface area contributed by atoms with Crippen LogP contribution in [-0.4, -0.2) is 24.9 Å². The summed E-state index contributed by atoms with van der Waals surface area (Å²) in [5, 5.41) is 5.18. The van der Waals surface area contributed by atoms with E-state index in [0.29, 0.717) is 11.4 Å². The maximum absolute atomic E-state index is 12.0. The number of benzene rings is 2. The van der Waals surface area contributed by atoms with Gasteiger partial charge in [-0.05, 0) is 85.0 Å². The van der Waals surface area contributed by atoms with Crippen molar-refractivity contribution in [1.29, 1.82) is 0 Å². The van der Waals surface area contributed by atoms with Crippen LogP contribution in [0, 0.1) is 3.57 Å². The van der Waals surface area contributed by atoms with Gasteiger partial charge in [-0.1, -0.05) is 0 Å². The molecule has 0 aliphatic heterocycles. The summed E-state index contributed by atoms with van der Waals surface area (Å²) in [7, 11) is 0. The second kappa shape index (κ2) is 8.68. The van der Waals surface area contributed by atoms with Gasteiger partial charge in [0.15, 0.2) is 0 Å². The SMILES string of the molecule is CCN(CC)c1ccc(NC(=O)C(=O)Nc2ccc(I)cc2)cc1. The van der Waals surface area contributed by atoms with Gasteiger partial charge in [-0.25, -0.2) is 0 Å². The highest BCUT2D eigenvalue weighted by Gasteiger charge is 2.14. The first-order valence-corrected chi connectivity index (χ1v) is 8.84. The molecule has 5 nitrogen and oxygen atoms in total. The molecule has 2 rings (SSSR count). The Bertz CT molecular complexity index is 695. The molecule has 2 N–H and O–H groups in total. The quantitative estimate of drug-likeness (QED) is 0.554. The van der Waals surface area contributed by atoms with Crippen molar-refractivity contribution < 1.29 is 9.59 Å². The van der Waals surface area contributed by atoms with E-state index in [-0.39, 0.29) is 0 Å². The van der Waals surface area contributed by atoms with E-state index in [1.54, 1.807) is 24.3 Å². The zero-order chi connectivity index (χ0) is 17.5. The third kappa shape index (κ3) is 4.95. The zero-order valence-electron chi connectivity index (χ0n) is 13.7. The second-order valence-corrected chi connectivity index (χ2v) is 6.38. The number of nitrogens with zero attached hydrogens (tertiary/aromatic N) is 1. The van der Waals surface area contributed by atoms with Crippen molar-refractivity contribution in [2.45, 2.75) is 13.8 Å². The minimum absolute atomic E-state index is 0.590. The first-order chi connectivity index (χ1) is 11.5. The van der Waals surface area contributed by atoms with Crippen LogP contribution in [0.15, 0.2) is 48.5 Å². The van der Waals surface area contributed by atoms with Crippen molar-refractivity contribution >= 4 is 51.5 Å². The topological polar surface area (TPSA) is 61.4 Å². The summed E-state index contributed by atoms with van der Waals surface area (Å²) in [5.74, 6) is -1.38. The van der Waals surface area contributed by atoms with Crippen LogP contribution < -0.4 is 15.5 Å². The molecule has 0 fully saturated rings. The van der Waals surface area contributed by atoms with Gasteiger partial charge in [-0.2, -0.15) is 0 Å². The van der Waals surface area contributed by atoms with Crippen LogP contribution in [0.25, 0.3) is 0 Å². The number of nitrogens with one attached hydrogen (secondary N) is 2. The van der Waals surface area contributed by atoms with E-state index in [1.165, 1.54) is 0 Å². The van der Waals surface area contributed by atoms with Gasteiger partial charge in [0, 0.05) is 33.7 Å². The van der Waals surface area contributed by atoms with Crippen LogP contribution in [0.4, 0.5) is 17.1 Å². The molecule has 2 aromatic rings. The van der Waals surface area contributed by atoms with E-state index in [2.05, 4.69) is 52.0 Å². The Morgan fingerprint density at radius 1 is 0.833 bits per heavy atom. The molecule has 0 heterocycles. The molecular weight excluding hydrogens is 417 g/mol. The predicted octanol–water partition coefficient (Wildman–Crippen LogP) is 3.71. The van der Waals surface area contributed by atoms with E-state index >= 15 is 0 Å². The molecule has 0 aliphatic carbocycles. The fourth-order valence-electron chi connectivity index (χ4n) is 2.25. The van der Waals surface area contributed by atoms with Crippen LogP contribution in [0.2, 0.25) is 0 Å². The molecule has 0 spiro atoms. The number of carbonyl (C=O) groups excluding carboxylic acids is 2. The summed E-state index contributed by atoms with van der Waals surface area (Å²) in [6.45, 7) is 6.02. The third-order valence-corrected chi connectivity index (χ3v) is 4.28. The monoisotopic (exact) mass is 437 g/mol. The molecular formula is C18H20IN3O2. The third-order valence-electron chi connectivity index (χ3n) is 3.56. The Balaban J connectivity index is 1.96. The molecule has 2 aromatic carbocycles. The van der Waals surface area contributed by atoms with Gasteiger partial charge in [0.25, 0.3) is 0 Å². The summed E-state index contributed by atoms with van der Waals surface area (Å²) < 4.78 is 1.06. The maximum Gasteiger partial charge on any atom is 0.314 e. The number of amides is 2. The lowest BCUT2D eigenvalue weighted by Gasteiger charge is -2.21. The highest BCUT2D eigenvalue weighted by Crippen LogP contribution is 2.18. The summed E-state index contributed by atoms with van der Waals surface area (Å²) in [6.07, 6.45) is 0. The molecule has 0 aromatic heterocycles. The summed E-state index contributed by atoms with van der Waals surface area (Å²) >= 11 is 2.18. The van der Waals surface area contributed by atoms with Crippen molar-refractivity contribution in [3.05, 3.63) is 52.1 Å². The van der Waals surface area contributed by atoms with E-state index < -0.39 is 11.8 Å². The van der Waals surface area contributed by atoms with Crippen molar-refractivity contribution in [2.24, 2.45) is 0 Å². The van der Waals surface area contributed by atoms with Gasteiger partial charge in [-0.15, -0.1) is 0 Å². The second-order valence-electron chi connectivity index (χ2n) is 5.13. The van der Waals surface area contributed by atoms with Crippen molar-refractivity contribution in [1.82, 2.24) is 0 Å². The average Bonchev–Trinajstić information content (AvgIpc) is 2.59. The van der Waals surface area contributed by atoms with Gasteiger partial charge in [0.2, 0.25) is 0 Å². The van der Waals surface area contributed by atoms with E-state index in [0.717, 1.165) is 22.3 Å². The molecule has 6 heteroatoms. The minimum Gasteiger partial charge on any atom is -0.372 e. The lowest BCUT2D eigenvalue weighted by atomic mass is 10.2. The molecule has 0 bridgehead atoms. The molecule has 0 radical (unpaired) electrons. The fraction of sp³-hybridized carbons (Fsp3) is 0.222. The smallest absolute Gasteiger partial charge is 0.314 e. The van der Waals surface area contributed by atoms with Crippen molar-refractivity contribution in [2.75, 3.05) is 28.6 Å². The Kier molecular flexibility index (Phi) is 6.60.